The first-order chi connectivity index (χ1) is 9.72. The molecular weight excluding hydrogens is 246 g/mol. The Labute approximate surface area is 126 Å². The zero-order valence-electron chi connectivity index (χ0n) is 13.9. The van der Waals surface area contributed by atoms with Gasteiger partial charge in [-0.05, 0) is 63.3 Å². The molecule has 0 saturated heterocycles. The molecule has 0 spiro atoms. The summed E-state index contributed by atoms with van der Waals surface area (Å²) in [6.45, 7) is 5.81. The van der Waals surface area contributed by atoms with Crippen molar-refractivity contribution in [1.82, 2.24) is 5.32 Å². The van der Waals surface area contributed by atoms with Gasteiger partial charge in [-0.15, -0.1) is 0 Å². The van der Waals surface area contributed by atoms with Crippen LogP contribution in [0.1, 0.15) is 78.1 Å². The summed E-state index contributed by atoms with van der Waals surface area (Å²) in [7, 11) is 1.96. The van der Waals surface area contributed by atoms with Crippen molar-refractivity contribution in [3.05, 3.63) is 0 Å². The molecule has 0 aromatic heterocycles. The maximum Gasteiger partial charge on any atom is 0.0833 e. The monoisotopic (exact) mass is 281 g/mol. The van der Waals surface area contributed by atoms with Crippen LogP contribution in [0.15, 0.2) is 0 Å². The molecular formula is C18H35NO. The van der Waals surface area contributed by atoms with Crippen LogP contribution in [0.5, 0.6) is 0 Å². The van der Waals surface area contributed by atoms with Crippen molar-refractivity contribution in [2.24, 2.45) is 11.8 Å². The number of hydrogen-bond acceptors (Lipinski definition) is 2. The molecule has 0 aromatic carbocycles. The molecule has 0 heterocycles. The van der Waals surface area contributed by atoms with Gasteiger partial charge in [0.05, 0.1) is 5.60 Å². The summed E-state index contributed by atoms with van der Waals surface area (Å²) in [6.07, 6.45) is 13.5. The fraction of sp³-hybridized carbons (Fsp3) is 1.00. The smallest absolute Gasteiger partial charge is 0.0833 e. The molecule has 2 saturated carbocycles. The molecule has 2 heteroatoms. The maximum atomic E-state index is 6.18. The van der Waals surface area contributed by atoms with Crippen molar-refractivity contribution >= 4 is 0 Å². The second kappa shape index (κ2) is 7.79. The molecule has 2 aliphatic rings. The third-order valence-corrected chi connectivity index (χ3v) is 5.83. The Kier molecular flexibility index (Phi) is 6.35. The molecule has 0 amide bonds. The minimum atomic E-state index is 0.115. The van der Waals surface area contributed by atoms with Gasteiger partial charge in [-0.2, -0.15) is 0 Å². The van der Waals surface area contributed by atoms with Crippen molar-refractivity contribution in [2.45, 2.75) is 89.7 Å². The maximum absolute atomic E-state index is 6.18. The highest BCUT2D eigenvalue weighted by Gasteiger charge is 2.44. The largest absolute Gasteiger partial charge is 0.377 e. The molecule has 20 heavy (non-hydrogen) atoms. The van der Waals surface area contributed by atoms with Gasteiger partial charge >= 0.3 is 0 Å². The molecule has 1 N–H and O–H groups in total. The van der Waals surface area contributed by atoms with Crippen LogP contribution < -0.4 is 5.32 Å². The molecule has 1 unspecified atom stereocenters. The van der Waals surface area contributed by atoms with E-state index in [4.69, 9.17) is 4.74 Å². The van der Waals surface area contributed by atoms with Crippen LogP contribution in [0.25, 0.3) is 0 Å². The van der Waals surface area contributed by atoms with E-state index in [2.05, 4.69) is 19.2 Å². The van der Waals surface area contributed by atoms with Gasteiger partial charge in [0, 0.05) is 13.2 Å². The topological polar surface area (TPSA) is 21.3 Å². The Morgan fingerprint density at radius 1 is 1.10 bits per heavy atom. The van der Waals surface area contributed by atoms with Gasteiger partial charge in [0.1, 0.15) is 0 Å². The van der Waals surface area contributed by atoms with Gasteiger partial charge in [-0.25, -0.2) is 0 Å². The molecule has 1 atom stereocenters. The third-order valence-electron chi connectivity index (χ3n) is 5.83. The quantitative estimate of drug-likeness (QED) is 0.772. The summed E-state index contributed by atoms with van der Waals surface area (Å²) >= 11 is 0. The summed E-state index contributed by atoms with van der Waals surface area (Å²) in [4.78, 5) is 0. The molecule has 0 aliphatic heterocycles. The second-order valence-corrected chi connectivity index (χ2v) is 7.28. The first kappa shape index (κ1) is 16.3. The van der Waals surface area contributed by atoms with Gasteiger partial charge in [0.15, 0.2) is 0 Å². The van der Waals surface area contributed by atoms with E-state index in [-0.39, 0.29) is 5.60 Å². The zero-order valence-corrected chi connectivity index (χ0v) is 13.9. The Hall–Kier alpha value is -0.0800. The molecule has 0 bridgehead atoms. The first-order valence-electron chi connectivity index (χ1n) is 9.00. The van der Waals surface area contributed by atoms with Crippen LogP contribution in [0.3, 0.4) is 0 Å². The van der Waals surface area contributed by atoms with Crippen molar-refractivity contribution in [2.75, 3.05) is 13.7 Å². The highest BCUT2D eigenvalue weighted by molar-refractivity contribution is 5.00. The van der Waals surface area contributed by atoms with Crippen LogP contribution in [0, 0.1) is 11.8 Å². The van der Waals surface area contributed by atoms with Crippen LogP contribution in [0.2, 0.25) is 0 Å². The number of nitrogens with one attached hydrogen (secondary N) is 1. The van der Waals surface area contributed by atoms with Gasteiger partial charge < -0.3 is 10.1 Å². The van der Waals surface area contributed by atoms with Gasteiger partial charge in [-0.3, -0.25) is 0 Å². The Bertz CT molecular complexity index is 265. The Balaban J connectivity index is 2.09. The summed E-state index contributed by atoms with van der Waals surface area (Å²) in [5.74, 6) is 1.72. The Morgan fingerprint density at radius 2 is 1.75 bits per heavy atom. The lowest BCUT2D eigenvalue weighted by atomic mass is 9.69. The number of hydrogen-bond donors (Lipinski definition) is 1. The summed E-state index contributed by atoms with van der Waals surface area (Å²) < 4.78 is 6.18. The lowest BCUT2D eigenvalue weighted by molar-refractivity contribution is -0.0916. The number of methoxy groups -OCH3 is 1. The predicted octanol–water partition coefficient (Wildman–Crippen LogP) is 4.53. The summed E-state index contributed by atoms with van der Waals surface area (Å²) in [5.41, 5.74) is 0.115. The average molecular weight is 281 g/mol. The van der Waals surface area contributed by atoms with Crippen molar-refractivity contribution in [3.8, 4) is 0 Å². The van der Waals surface area contributed by atoms with Crippen molar-refractivity contribution < 1.29 is 4.74 Å². The zero-order chi connectivity index (χ0) is 14.4. The van der Waals surface area contributed by atoms with E-state index in [1.54, 1.807) is 0 Å². The van der Waals surface area contributed by atoms with Gasteiger partial charge in [0.25, 0.3) is 0 Å². The van der Waals surface area contributed by atoms with E-state index in [0.717, 1.165) is 18.4 Å². The van der Waals surface area contributed by atoms with Crippen LogP contribution in [0.4, 0.5) is 0 Å². The normalized spacial score (nSPS) is 34.0. The van der Waals surface area contributed by atoms with Gasteiger partial charge in [0.2, 0.25) is 0 Å². The fourth-order valence-corrected chi connectivity index (χ4v) is 4.44. The average Bonchev–Trinajstić information content (AvgIpc) is 2.51. The molecule has 0 aromatic rings. The summed E-state index contributed by atoms with van der Waals surface area (Å²) in [6, 6.07) is 0.584. The molecule has 2 rings (SSSR count). The number of rotatable bonds is 6. The Morgan fingerprint density at radius 3 is 2.30 bits per heavy atom. The van der Waals surface area contributed by atoms with Crippen LogP contribution in [-0.4, -0.2) is 25.3 Å². The SMILES string of the molecule is CCCNC(C1CCCCC1)C1(OC)CCC(C)CC1. The van der Waals surface area contributed by atoms with Gasteiger partial charge in [-0.1, -0.05) is 33.1 Å². The van der Waals surface area contributed by atoms with E-state index in [1.807, 2.05) is 7.11 Å². The van der Waals surface area contributed by atoms with Crippen molar-refractivity contribution in [3.63, 3.8) is 0 Å². The van der Waals surface area contributed by atoms with E-state index < -0.39 is 0 Å². The molecule has 2 aliphatic carbocycles. The van der Waals surface area contributed by atoms with E-state index in [1.165, 1.54) is 64.2 Å². The minimum absolute atomic E-state index is 0.115. The fourth-order valence-electron chi connectivity index (χ4n) is 4.44. The highest BCUT2D eigenvalue weighted by Crippen LogP contribution is 2.42. The molecule has 2 fully saturated rings. The standard InChI is InChI=1S/C18H35NO/c1-4-14-19-17(16-8-6-5-7-9-16)18(20-3)12-10-15(2)11-13-18/h15-17,19H,4-14H2,1-3H3. The predicted molar refractivity (Wildman–Crippen MR) is 86.0 cm³/mol. The van der Waals surface area contributed by atoms with Crippen LogP contribution >= 0.6 is 0 Å². The third kappa shape index (κ3) is 3.76. The first-order valence-corrected chi connectivity index (χ1v) is 9.00. The highest BCUT2D eigenvalue weighted by atomic mass is 16.5. The van der Waals surface area contributed by atoms with E-state index >= 15 is 0 Å². The van der Waals surface area contributed by atoms with Crippen LogP contribution in [-0.2, 0) is 4.74 Å². The summed E-state index contributed by atoms with van der Waals surface area (Å²) in [5, 5.41) is 3.89. The molecule has 2 nitrogen and oxygen atoms in total. The van der Waals surface area contributed by atoms with E-state index in [0.29, 0.717) is 6.04 Å². The molecule has 118 valence electrons. The lowest BCUT2D eigenvalue weighted by Gasteiger charge is -2.48. The van der Waals surface area contributed by atoms with Crippen molar-refractivity contribution in [1.29, 1.82) is 0 Å². The second-order valence-electron chi connectivity index (χ2n) is 7.28. The molecule has 0 radical (unpaired) electrons. The lowest BCUT2D eigenvalue weighted by Crippen LogP contribution is -2.57. The van der Waals surface area contributed by atoms with E-state index in [9.17, 15) is 0 Å². The number of ether oxygens (including phenoxy) is 1. The minimum Gasteiger partial charge on any atom is -0.377 e.